The van der Waals surface area contributed by atoms with Gasteiger partial charge < -0.3 is 0 Å². The van der Waals surface area contributed by atoms with Crippen molar-refractivity contribution >= 4 is 0 Å². The van der Waals surface area contributed by atoms with E-state index in [0.717, 1.165) is 0 Å². The zero-order valence-electron chi connectivity index (χ0n) is 8.19. The summed E-state index contributed by atoms with van der Waals surface area (Å²) >= 11 is 0. The van der Waals surface area contributed by atoms with Gasteiger partial charge in [-0.25, -0.2) is 0 Å². The maximum absolute atomic E-state index is 3.95. The van der Waals surface area contributed by atoms with Crippen molar-refractivity contribution in [3.05, 3.63) is 35.5 Å². The van der Waals surface area contributed by atoms with Crippen molar-refractivity contribution in [2.24, 2.45) is 0 Å². The van der Waals surface area contributed by atoms with Gasteiger partial charge in [0.1, 0.15) is 0 Å². The highest BCUT2D eigenvalue weighted by Crippen LogP contribution is 2.24. The first-order valence-corrected chi connectivity index (χ1v) is 4.78. The van der Waals surface area contributed by atoms with Crippen LogP contribution in [0.3, 0.4) is 0 Å². The molecule has 1 aliphatic rings. The molecule has 12 heavy (non-hydrogen) atoms. The van der Waals surface area contributed by atoms with Gasteiger partial charge >= 0.3 is 0 Å². The first-order valence-electron chi connectivity index (χ1n) is 4.78. The standard InChI is InChI=1S/C12H18/c1-4-5-11-6-8-12(9-7-11)10(2)3/h6,8H,2,4-5,7,9H2,1,3H3. The molecular weight excluding hydrogens is 144 g/mol. The fourth-order valence-corrected chi connectivity index (χ4v) is 1.57. The molecule has 1 aliphatic carbocycles. The van der Waals surface area contributed by atoms with E-state index in [4.69, 9.17) is 0 Å². The predicted molar refractivity (Wildman–Crippen MR) is 55.1 cm³/mol. The van der Waals surface area contributed by atoms with Gasteiger partial charge in [0, 0.05) is 0 Å². The molecule has 0 bridgehead atoms. The molecule has 0 aliphatic heterocycles. The lowest BCUT2D eigenvalue weighted by Gasteiger charge is -2.13. The van der Waals surface area contributed by atoms with E-state index in [1.54, 1.807) is 5.57 Å². The van der Waals surface area contributed by atoms with Crippen LogP contribution in [-0.4, -0.2) is 0 Å². The van der Waals surface area contributed by atoms with Crippen molar-refractivity contribution in [3.63, 3.8) is 0 Å². The summed E-state index contributed by atoms with van der Waals surface area (Å²) in [4.78, 5) is 0. The summed E-state index contributed by atoms with van der Waals surface area (Å²) < 4.78 is 0. The molecule has 0 saturated heterocycles. The molecule has 0 fully saturated rings. The number of hydrogen-bond donors (Lipinski definition) is 0. The van der Waals surface area contributed by atoms with E-state index in [0.29, 0.717) is 0 Å². The third kappa shape index (κ3) is 2.37. The molecule has 0 atom stereocenters. The molecule has 0 amide bonds. The first kappa shape index (κ1) is 9.31. The normalized spacial score (nSPS) is 16.8. The summed E-state index contributed by atoms with van der Waals surface area (Å²) in [6, 6.07) is 0. The van der Waals surface area contributed by atoms with Crippen LogP contribution in [0, 0.1) is 0 Å². The van der Waals surface area contributed by atoms with Crippen LogP contribution in [0.5, 0.6) is 0 Å². The van der Waals surface area contributed by atoms with Crippen molar-refractivity contribution in [1.29, 1.82) is 0 Å². The Morgan fingerprint density at radius 3 is 2.58 bits per heavy atom. The number of allylic oxidation sites excluding steroid dienone is 5. The molecule has 0 unspecified atom stereocenters. The predicted octanol–water partition coefficient (Wildman–Crippen LogP) is 4.01. The lowest BCUT2D eigenvalue weighted by atomic mass is 9.93. The van der Waals surface area contributed by atoms with E-state index in [1.165, 1.54) is 36.8 Å². The van der Waals surface area contributed by atoms with Crippen LogP contribution < -0.4 is 0 Å². The first-order chi connectivity index (χ1) is 5.74. The lowest BCUT2D eigenvalue weighted by Crippen LogP contribution is -1.94. The fraction of sp³-hybridized carbons (Fsp3) is 0.500. The summed E-state index contributed by atoms with van der Waals surface area (Å²) in [5.74, 6) is 0. The van der Waals surface area contributed by atoms with E-state index >= 15 is 0 Å². The fourth-order valence-electron chi connectivity index (χ4n) is 1.57. The molecule has 0 heteroatoms. The largest absolute Gasteiger partial charge is 0.0958 e. The van der Waals surface area contributed by atoms with Gasteiger partial charge in [0.15, 0.2) is 0 Å². The van der Waals surface area contributed by atoms with E-state index in [9.17, 15) is 0 Å². The molecule has 1 rings (SSSR count). The second kappa shape index (κ2) is 4.30. The molecule has 0 aromatic carbocycles. The zero-order valence-corrected chi connectivity index (χ0v) is 8.19. The maximum atomic E-state index is 3.95. The third-order valence-corrected chi connectivity index (χ3v) is 2.35. The molecule has 0 nitrogen and oxygen atoms in total. The van der Waals surface area contributed by atoms with Gasteiger partial charge in [-0.05, 0) is 31.8 Å². The van der Waals surface area contributed by atoms with Crippen LogP contribution in [0.4, 0.5) is 0 Å². The third-order valence-electron chi connectivity index (χ3n) is 2.35. The molecule has 0 aromatic heterocycles. The SMILES string of the molecule is C=C(C)C1=CC=C(CCC)CC1. The van der Waals surface area contributed by atoms with Crippen LogP contribution in [0.25, 0.3) is 0 Å². The summed E-state index contributed by atoms with van der Waals surface area (Å²) in [6.07, 6.45) is 9.48. The Kier molecular flexibility index (Phi) is 3.33. The molecule has 0 spiro atoms. The van der Waals surface area contributed by atoms with Gasteiger partial charge in [0.25, 0.3) is 0 Å². The average Bonchev–Trinajstić information content (AvgIpc) is 2.06. The molecule has 0 radical (unpaired) electrons. The summed E-state index contributed by atoms with van der Waals surface area (Å²) in [5.41, 5.74) is 4.25. The second-order valence-corrected chi connectivity index (χ2v) is 3.55. The van der Waals surface area contributed by atoms with Gasteiger partial charge in [0.2, 0.25) is 0 Å². The molecule has 0 aromatic rings. The number of rotatable bonds is 3. The van der Waals surface area contributed by atoms with Gasteiger partial charge in [0.05, 0.1) is 0 Å². The van der Waals surface area contributed by atoms with Gasteiger partial charge in [-0.15, -0.1) is 0 Å². The van der Waals surface area contributed by atoms with Crippen LogP contribution in [0.15, 0.2) is 35.5 Å². The van der Waals surface area contributed by atoms with E-state index in [1.807, 2.05) is 0 Å². The van der Waals surface area contributed by atoms with Gasteiger partial charge in [-0.3, -0.25) is 0 Å². The Morgan fingerprint density at radius 2 is 2.17 bits per heavy atom. The van der Waals surface area contributed by atoms with E-state index in [2.05, 4.69) is 32.6 Å². The Bertz CT molecular complexity index is 228. The Labute approximate surface area is 75.7 Å². The van der Waals surface area contributed by atoms with Crippen LogP contribution in [0.1, 0.15) is 39.5 Å². The smallest absolute Gasteiger partial charge is 0.0239 e. The Hall–Kier alpha value is -0.780. The average molecular weight is 162 g/mol. The summed E-state index contributed by atoms with van der Waals surface area (Å²) in [5, 5.41) is 0. The van der Waals surface area contributed by atoms with Gasteiger partial charge in [-0.1, -0.05) is 43.2 Å². The quantitative estimate of drug-likeness (QED) is 0.588. The van der Waals surface area contributed by atoms with E-state index in [-0.39, 0.29) is 0 Å². The summed E-state index contributed by atoms with van der Waals surface area (Å²) in [7, 11) is 0. The minimum atomic E-state index is 1.20. The Morgan fingerprint density at radius 1 is 1.42 bits per heavy atom. The maximum Gasteiger partial charge on any atom is -0.0239 e. The Balaban J connectivity index is 2.60. The summed E-state index contributed by atoms with van der Waals surface area (Å²) in [6.45, 7) is 8.28. The highest BCUT2D eigenvalue weighted by atomic mass is 14.1. The van der Waals surface area contributed by atoms with Crippen molar-refractivity contribution in [1.82, 2.24) is 0 Å². The van der Waals surface area contributed by atoms with Crippen LogP contribution in [-0.2, 0) is 0 Å². The van der Waals surface area contributed by atoms with Gasteiger partial charge in [-0.2, -0.15) is 0 Å². The monoisotopic (exact) mass is 162 g/mol. The topological polar surface area (TPSA) is 0 Å². The van der Waals surface area contributed by atoms with Crippen LogP contribution >= 0.6 is 0 Å². The lowest BCUT2D eigenvalue weighted by molar-refractivity contribution is 0.805. The minimum absolute atomic E-state index is 1.20. The highest BCUT2D eigenvalue weighted by Gasteiger charge is 2.05. The van der Waals surface area contributed by atoms with Crippen LogP contribution in [0.2, 0.25) is 0 Å². The molecule has 0 N–H and O–H groups in total. The number of hydrogen-bond acceptors (Lipinski definition) is 0. The van der Waals surface area contributed by atoms with Crippen molar-refractivity contribution in [3.8, 4) is 0 Å². The zero-order chi connectivity index (χ0) is 8.97. The van der Waals surface area contributed by atoms with E-state index < -0.39 is 0 Å². The second-order valence-electron chi connectivity index (χ2n) is 3.55. The minimum Gasteiger partial charge on any atom is -0.0958 e. The van der Waals surface area contributed by atoms with Crippen molar-refractivity contribution < 1.29 is 0 Å². The van der Waals surface area contributed by atoms with Crippen molar-refractivity contribution in [2.75, 3.05) is 0 Å². The molecule has 0 saturated carbocycles. The highest BCUT2D eigenvalue weighted by molar-refractivity contribution is 5.35. The van der Waals surface area contributed by atoms with Crippen molar-refractivity contribution in [2.45, 2.75) is 39.5 Å². The molecule has 0 heterocycles. The molecular formula is C12H18. The molecule has 66 valence electrons.